The van der Waals surface area contributed by atoms with E-state index in [0.29, 0.717) is 6.42 Å². The Bertz CT molecular complexity index is 901. The quantitative estimate of drug-likeness (QED) is 0.684. The fourth-order valence-electron chi connectivity index (χ4n) is 3.35. The predicted octanol–water partition coefficient (Wildman–Crippen LogP) is 4.33. The molecule has 1 amide bonds. The zero-order valence-corrected chi connectivity index (χ0v) is 15.9. The number of nitrogens with two attached hydrogens (primary N) is 1. The summed E-state index contributed by atoms with van der Waals surface area (Å²) in [6, 6.07) is 18.9. The van der Waals surface area contributed by atoms with Gasteiger partial charge in [-0.2, -0.15) is 0 Å². The van der Waals surface area contributed by atoms with Gasteiger partial charge in [-0.1, -0.05) is 59.7 Å². The average molecular weight is 357 g/mol. The first-order valence-corrected chi connectivity index (χ1v) is 9.18. The molecule has 0 saturated carbocycles. The highest BCUT2D eigenvalue weighted by Crippen LogP contribution is 2.29. The summed E-state index contributed by atoms with van der Waals surface area (Å²) in [5.74, 6) is 0.759. The SMILES string of the molecule is Cc1ccc(C[C](CC(N)=O)c2ccc(C)cc2Cc2cccnc2)cc1. The number of rotatable bonds is 7. The lowest BCUT2D eigenvalue weighted by atomic mass is 9.84. The fourth-order valence-corrected chi connectivity index (χ4v) is 3.35. The lowest BCUT2D eigenvalue weighted by molar-refractivity contribution is -0.117. The lowest BCUT2D eigenvalue weighted by Gasteiger charge is -2.20. The monoisotopic (exact) mass is 357 g/mol. The highest BCUT2D eigenvalue weighted by atomic mass is 16.1. The van der Waals surface area contributed by atoms with Crippen molar-refractivity contribution in [3.05, 3.63) is 106 Å². The Morgan fingerprint density at radius 2 is 1.70 bits per heavy atom. The Labute approximate surface area is 161 Å². The molecule has 1 radical (unpaired) electrons. The van der Waals surface area contributed by atoms with Crippen molar-refractivity contribution in [1.82, 2.24) is 4.98 Å². The minimum Gasteiger partial charge on any atom is -0.370 e. The van der Waals surface area contributed by atoms with Gasteiger partial charge in [-0.3, -0.25) is 9.78 Å². The predicted molar refractivity (Wildman–Crippen MR) is 109 cm³/mol. The first-order valence-electron chi connectivity index (χ1n) is 9.18. The maximum Gasteiger partial charge on any atom is 0.218 e. The Morgan fingerprint density at radius 3 is 2.37 bits per heavy atom. The fraction of sp³-hybridized carbons (Fsp3) is 0.208. The van der Waals surface area contributed by atoms with E-state index in [0.717, 1.165) is 23.5 Å². The number of aryl methyl sites for hydroxylation is 2. The van der Waals surface area contributed by atoms with Crippen LogP contribution in [0.25, 0.3) is 0 Å². The summed E-state index contributed by atoms with van der Waals surface area (Å²) in [6.45, 7) is 4.16. The summed E-state index contributed by atoms with van der Waals surface area (Å²) in [5, 5.41) is 0. The molecule has 0 unspecified atom stereocenters. The molecule has 0 aliphatic heterocycles. The Morgan fingerprint density at radius 1 is 0.963 bits per heavy atom. The van der Waals surface area contributed by atoms with E-state index in [4.69, 9.17) is 5.73 Å². The zero-order chi connectivity index (χ0) is 19.2. The van der Waals surface area contributed by atoms with Crippen molar-refractivity contribution >= 4 is 5.91 Å². The number of carbonyl (C=O) groups excluding carboxylic acids is 1. The number of pyridine rings is 1. The molecule has 0 aliphatic carbocycles. The van der Waals surface area contributed by atoms with Crippen molar-refractivity contribution < 1.29 is 4.79 Å². The highest BCUT2D eigenvalue weighted by Gasteiger charge is 2.19. The van der Waals surface area contributed by atoms with Crippen LogP contribution in [0.1, 0.15) is 39.8 Å². The van der Waals surface area contributed by atoms with Crippen LogP contribution >= 0.6 is 0 Å². The van der Waals surface area contributed by atoms with Crippen molar-refractivity contribution in [3.63, 3.8) is 0 Å². The average Bonchev–Trinajstić information content (AvgIpc) is 2.64. The zero-order valence-electron chi connectivity index (χ0n) is 15.9. The maximum atomic E-state index is 11.8. The third-order valence-electron chi connectivity index (χ3n) is 4.68. The van der Waals surface area contributed by atoms with E-state index < -0.39 is 0 Å². The second kappa shape index (κ2) is 8.63. The van der Waals surface area contributed by atoms with Gasteiger partial charge in [0.15, 0.2) is 0 Å². The van der Waals surface area contributed by atoms with E-state index in [1.165, 1.54) is 22.3 Å². The Hall–Kier alpha value is -2.94. The second-order valence-corrected chi connectivity index (χ2v) is 7.11. The molecule has 0 saturated heterocycles. The second-order valence-electron chi connectivity index (χ2n) is 7.11. The third kappa shape index (κ3) is 5.27. The number of aromatic nitrogens is 1. The van der Waals surface area contributed by atoms with Crippen molar-refractivity contribution in [2.75, 3.05) is 0 Å². The van der Waals surface area contributed by atoms with Crippen molar-refractivity contribution in [2.24, 2.45) is 5.73 Å². The van der Waals surface area contributed by atoms with E-state index in [1.807, 2.05) is 12.3 Å². The van der Waals surface area contributed by atoms with Crippen molar-refractivity contribution in [1.29, 1.82) is 0 Å². The van der Waals surface area contributed by atoms with E-state index >= 15 is 0 Å². The number of carbonyl (C=O) groups is 1. The molecule has 3 rings (SSSR count). The topological polar surface area (TPSA) is 56.0 Å². The van der Waals surface area contributed by atoms with Gasteiger partial charge >= 0.3 is 0 Å². The Kier molecular flexibility index (Phi) is 6.02. The molecule has 3 heteroatoms. The molecule has 3 aromatic rings. The first-order chi connectivity index (χ1) is 13.0. The van der Waals surface area contributed by atoms with Crippen LogP contribution in [0.2, 0.25) is 0 Å². The van der Waals surface area contributed by atoms with Gasteiger partial charge in [-0.05, 0) is 55.0 Å². The van der Waals surface area contributed by atoms with Crippen LogP contribution in [-0.2, 0) is 17.6 Å². The molecule has 0 bridgehead atoms. The summed E-state index contributed by atoms with van der Waals surface area (Å²) >= 11 is 0. The minimum atomic E-state index is -0.301. The summed E-state index contributed by atoms with van der Waals surface area (Å²) in [7, 11) is 0. The number of amides is 1. The molecule has 0 atom stereocenters. The lowest BCUT2D eigenvalue weighted by Crippen LogP contribution is -2.18. The molecular weight excluding hydrogens is 332 g/mol. The molecule has 0 spiro atoms. The smallest absolute Gasteiger partial charge is 0.218 e. The number of hydrogen-bond donors (Lipinski definition) is 1. The first kappa shape index (κ1) is 18.8. The maximum absolute atomic E-state index is 11.8. The van der Waals surface area contributed by atoms with Gasteiger partial charge in [0.1, 0.15) is 0 Å². The number of primary amides is 1. The molecule has 0 fully saturated rings. The minimum absolute atomic E-state index is 0.261. The van der Waals surface area contributed by atoms with Crippen LogP contribution in [-0.4, -0.2) is 10.9 Å². The number of benzene rings is 2. The molecule has 0 aliphatic rings. The molecule has 27 heavy (non-hydrogen) atoms. The van der Waals surface area contributed by atoms with E-state index in [9.17, 15) is 4.79 Å². The van der Waals surface area contributed by atoms with Gasteiger partial charge in [0.2, 0.25) is 5.91 Å². The summed E-state index contributed by atoms with van der Waals surface area (Å²) in [4.78, 5) is 16.0. The molecule has 1 aromatic heterocycles. The molecule has 2 N–H and O–H groups in total. The van der Waals surface area contributed by atoms with E-state index in [2.05, 4.69) is 67.4 Å². The van der Waals surface area contributed by atoms with Crippen LogP contribution in [0.3, 0.4) is 0 Å². The van der Waals surface area contributed by atoms with Crippen molar-refractivity contribution in [3.8, 4) is 0 Å². The van der Waals surface area contributed by atoms with Crippen LogP contribution in [0.5, 0.6) is 0 Å². The van der Waals surface area contributed by atoms with E-state index in [1.54, 1.807) is 6.20 Å². The molecule has 1 heterocycles. The summed E-state index contributed by atoms with van der Waals surface area (Å²) in [5.41, 5.74) is 12.6. The van der Waals surface area contributed by atoms with Crippen molar-refractivity contribution in [2.45, 2.75) is 33.1 Å². The van der Waals surface area contributed by atoms with Gasteiger partial charge in [0.05, 0.1) is 0 Å². The Balaban J connectivity index is 1.95. The van der Waals surface area contributed by atoms with E-state index in [-0.39, 0.29) is 12.3 Å². The van der Waals surface area contributed by atoms with Gasteiger partial charge in [0, 0.05) is 24.7 Å². The normalized spacial score (nSPS) is 10.9. The molecular formula is C24H25N2O. The molecule has 137 valence electrons. The van der Waals surface area contributed by atoms with Crippen LogP contribution in [0.15, 0.2) is 67.0 Å². The summed E-state index contributed by atoms with van der Waals surface area (Å²) < 4.78 is 0. The van der Waals surface area contributed by atoms with Gasteiger partial charge in [-0.25, -0.2) is 0 Å². The molecule has 3 nitrogen and oxygen atoms in total. The van der Waals surface area contributed by atoms with Crippen LogP contribution < -0.4 is 5.73 Å². The van der Waals surface area contributed by atoms with Gasteiger partial charge in [0.25, 0.3) is 0 Å². The van der Waals surface area contributed by atoms with Crippen LogP contribution in [0, 0.1) is 19.8 Å². The van der Waals surface area contributed by atoms with Gasteiger partial charge < -0.3 is 5.73 Å². The third-order valence-corrected chi connectivity index (χ3v) is 4.68. The summed E-state index contributed by atoms with van der Waals surface area (Å²) in [6.07, 6.45) is 5.42. The van der Waals surface area contributed by atoms with Crippen LogP contribution in [0.4, 0.5) is 0 Å². The van der Waals surface area contributed by atoms with Gasteiger partial charge in [-0.15, -0.1) is 0 Å². The standard InChI is InChI=1S/C24H25N2O/c1-17-5-8-19(9-6-17)13-22(15-24(25)27)23-10-7-18(2)12-21(23)14-20-4-3-11-26-16-20/h3-12,16H,13-15H2,1-2H3,(H2,25,27). The number of nitrogens with zero attached hydrogens (tertiary/aromatic N) is 1. The largest absolute Gasteiger partial charge is 0.370 e. The molecule has 2 aromatic carbocycles. The highest BCUT2D eigenvalue weighted by molar-refractivity contribution is 5.77. The number of hydrogen-bond acceptors (Lipinski definition) is 2.